The van der Waals surface area contributed by atoms with Crippen LogP contribution in [0, 0.1) is 5.92 Å². The van der Waals surface area contributed by atoms with E-state index in [1.54, 1.807) is 24.3 Å². The minimum Gasteiger partial charge on any atom is -0.504 e. The molecule has 4 atom stereocenters. The number of hydrogen-bond acceptors (Lipinski definition) is 5. The molecule has 1 heterocycles. The van der Waals surface area contributed by atoms with Crippen LogP contribution < -0.4 is 0 Å². The highest BCUT2D eigenvalue weighted by molar-refractivity contribution is 6.09. The molecule has 1 aliphatic heterocycles. The maximum absolute atomic E-state index is 13.0. The number of cyclic esters (lactones) is 1. The van der Waals surface area contributed by atoms with Gasteiger partial charge in [-0.1, -0.05) is 74.5 Å². The Kier molecular flexibility index (Phi) is 6.49. The van der Waals surface area contributed by atoms with Gasteiger partial charge in [0.2, 0.25) is 5.78 Å². The first-order valence-electron chi connectivity index (χ1n) is 9.95. The van der Waals surface area contributed by atoms with Crippen molar-refractivity contribution in [3.05, 3.63) is 83.1 Å². The van der Waals surface area contributed by atoms with Crippen molar-refractivity contribution in [2.45, 2.75) is 44.8 Å². The molecular weight excluding hydrogens is 368 g/mol. The summed E-state index contributed by atoms with van der Waals surface area (Å²) in [6.45, 7) is 3.70. The largest absolute Gasteiger partial charge is 0.504 e. The van der Waals surface area contributed by atoms with E-state index >= 15 is 0 Å². The zero-order chi connectivity index (χ0) is 21.0. The summed E-state index contributed by atoms with van der Waals surface area (Å²) in [5.74, 6) is -3.01. The second-order valence-corrected chi connectivity index (χ2v) is 7.25. The lowest BCUT2D eigenvalue weighted by Crippen LogP contribution is -2.43. The van der Waals surface area contributed by atoms with Crippen LogP contribution in [0.15, 0.2) is 72.0 Å². The second-order valence-electron chi connectivity index (χ2n) is 7.25. The van der Waals surface area contributed by atoms with E-state index in [4.69, 9.17) is 4.74 Å². The van der Waals surface area contributed by atoms with Crippen molar-refractivity contribution in [3.63, 3.8) is 0 Å². The van der Waals surface area contributed by atoms with Crippen LogP contribution in [-0.2, 0) is 14.3 Å². The van der Waals surface area contributed by atoms with Gasteiger partial charge in [-0.3, -0.25) is 4.79 Å². The van der Waals surface area contributed by atoms with Crippen LogP contribution in [0.3, 0.4) is 0 Å². The normalized spacial score (nSPS) is 20.2. The summed E-state index contributed by atoms with van der Waals surface area (Å²) in [5, 5.41) is 21.5. The number of Topliss-reactive ketones (excluding diaryl/α,β-unsaturated/α-hetero) is 1. The summed E-state index contributed by atoms with van der Waals surface area (Å²) in [6.07, 6.45) is -1.29. The van der Waals surface area contributed by atoms with E-state index in [0.717, 1.165) is 5.56 Å². The van der Waals surface area contributed by atoms with Crippen LogP contribution in [-0.4, -0.2) is 28.1 Å². The first-order chi connectivity index (χ1) is 14.0. The van der Waals surface area contributed by atoms with Gasteiger partial charge in [-0.05, 0) is 24.0 Å². The summed E-state index contributed by atoms with van der Waals surface area (Å²) >= 11 is 0. The highest BCUT2D eigenvalue weighted by atomic mass is 16.6. The molecule has 0 amide bonds. The van der Waals surface area contributed by atoms with Crippen molar-refractivity contribution in [1.82, 2.24) is 0 Å². The molecule has 0 spiro atoms. The Bertz CT molecular complexity index is 888. The first-order valence-corrected chi connectivity index (χ1v) is 9.95. The van der Waals surface area contributed by atoms with Gasteiger partial charge in [0.1, 0.15) is 0 Å². The van der Waals surface area contributed by atoms with Gasteiger partial charge in [0, 0.05) is 11.8 Å². The Morgan fingerprint density at radius 2 is 1.45 bits per heavy atom. The summed E-state index contributed by atoms with van der Waals surface area (Å²) in [7, 11) is 0. The molecule has 0 aliphatic carbocycles. The average Bonchev–Trinajstić information content (AvgIpc) is 2.76. The Morgan fingerprint density at radius 3 is 1.97 bits per heavy atom. The minimum absolute atomic E-state index is 0.0102. The summed E-state index contributed by atoms with van der Waals surface area (Å²) < 4.78 is 5.52. The summed E-state index contributed by atoms with van der Waals surface area (Å²) in [4.78, 5) is 25.8. The van der Waals surface area contributed by atoms with Gasteiger partial charge in [0.05, 0.1) is 11.7 Å². The number of hydrogen-bond donors (Lipinski definition) is 2. The number of aliphatic hydroxyl groups excluding tert-OH is 2. The minimum atomic E-state index is -1.22. The maximum atomic E-state index is 13.0. The standard InChI is InChI=1S/C24H26O5/c1-3-17(15-11-7-5-8-12-15)19-21(26)22(27)23(29-24(19)28)18(4-2)20(25)16-13-9-6-10-14-16/h5-14,17-18,20,23,25-26H,3-4H2,1-2H3/t17-,18-,20+,23?/m0/s1. The van der Waals surface area contributed by atoms with Gasteiger partial charge in [0.15, 0.2) is 11.9 Å². The van der Waals surface area contributed by atoms with Crippen molar-refractivity contribution in [3.8, 4) is 0 Å². The monoisotopic (exact) mass is 394 g/mol. The molecule has 0 aromatic heterocycles. The van der Waals surface area contributed by atoms with Crippen LogP contribution >= 0.6 is 0 Å². The van der Waals surface area contributed by atoms with E-state index in [-0.39, 0.29) is 5.57 Å². The van der Waals surface area contributed by atoms with Crippen molar-refractivity contribution in [1.29, 1.82) is 0 Å². The van der Waals surface area contributed by atoms with E-state index in [1.165, 1.54) is 0 Å². The molecule has 2 N–H and O–H groups in total. The lowest BCUT2D eigenvalue weighted by Gasteiger charge is -2.33. The highest BCUT2D eigenvalue weighted by Crippen LogP contribution is 2.38. The van der Waals surface area contributed by atoms with Crippen LogP contribution in [0.1, 0.15) is 49.8 Å². The van der Waals surface area contributed by atoms with Gasteiger partial charge < -0.3 is 14.9 Å². The Hall–Kier alpha value is -2.92. The van der Waals surface area contributed by atoms with Gasteiger partial charge in [-0.2, -0.15) is 0 Å². The zero-order valence-corrected chi connectivity index (χ0v) is 16.6. The van der Waals surface area contributed by atoms with Crippen LogP contribution in [0.4, 0.5) is 0 Å². The number of benzene rings is 2. The molecule has 0 bridgehead atoms. The number of ketones is 1. The highest BCUT2D eigenvalue weighted by Gasteiger charge is 2.45. The first kappa shape index (κ1) is 20.8. The number of esters is 1. The van der Waals surface area contributed by atoms with Crippen LogP contribution in [0.2, 0.25) is 0 Å². The van der Waals surface area contributed by atoms with Crippen LogP contribution in [0.25, 0.3) is 0 Å². The SMILES string of the molecule is CC[C@H](C1=C(O)C(=O)C([C@@H](CC)[C@H](O)c2ccccc2)OC1=O)c1ccccc1. The second kappa shape index (κ2) is 9.05. The zero-order valence-electron chi connectivity index (χ0n) is 16.6. The Morgan fingerprint density at radius 1 is 0.897 bits per heavy atom. The lowest BCUT2D eigenvalue weighted by molar-refractivity contribution is -0.161. The molecule has 0 saturated heterocycles. The number of carbonyl (C=O) groups excluding carboxylic acids is 2. The molecule has 3 rings (SSSR count). The molecule has 2 aromatic rings. The van der Waals surface area contributed by atoms with E-state index in [0.29, 0.717) is 18.4 Å². The fraction of sp³-hybridized carbons (Fsp3) is 0.333. The van der Waals surface area contributed by atoms with E-state index in [1.807, 2.05) is 50.2 Å². The molecule has 1 unspecified atom stereocenters. The smallest absolute Gasteiger partial charge is 0.339 e. The number of aliphatic hydroxyl groups is 2. The van der Waals surface area contributed by atoms with Gasteiger partial charge in [-0.25, -0.2) is 4.79 Å². The van der Waals surface area contributed by atoms with E-state index < -0.39 is 41.6 Å². The van der Waals surface area contributed by atoms with Crippen molar-refractivity contribution >= 4 is 11.8 Å². The number of carbonyl (C=O) groups is 2. The Balaban J connectivity index is 1.94. The third-order valence-corrected chi connectivity index (χ3v) is 5.57. The van der Waals surface area contributed by atoms with Gasteiger partial charge in [0.25, 0.3) is 0 Å². The van der Waals surface area contributed by atoms with E-state index in [2.05, 4.69) is 0 Å². The molecule has 2 aromatic carbocycles. The number of rotatable bonds is 7. The van der Waals surface area contributed by atoms with Crippen molar-refractivity contribution < 1.29 is 24.5 Å². The molecule has 152 valence electrons. The quantitative estimate of drug-likeness (QED) is 0.686. The third-order valence-electron chi connectivity index (χ3n) is 5.57. The van der Waals surface area contributed by atoms with E-state index in [9.17, 15) is 19.8 Å². The molecule has 0 saturated carbocycles. The molecule has 0 fully saturated rings. The predicted molar refractivity (Wildman–Crippen MR) is 109 cm³/mol. The Labute approximate surface area is 170 Å². The lowest BCUT2D eigenvalue weighted by atomic mass is 9.81. The van der Waals surface area contributed by atoms with Crippen LogP contribution in [0.5, 0.6) is 0 Å². The molecule has 0 radical (unpaired) electrons. The molecule has 5 nitrogen and oxygen atoms in total. The molecule has 29 heavy (non-hydrogen) atoms. The predicted octanol–water partition coefficient (Wildman–Crippen LogP) is 4.25. The number of ether oxygens (including phenoxy) is 1. The fourth-order valence-electron chi connectivity index (χ4n) is 3.98. The fourth-order valence-corrected chi connectivity index (χ4v) is 3.98. The summed E-state index contributed by atoms with van der Waals surface area (Å²) in [6, 6.07) is 18.2. The maximum Gasteiger partial charge on any atom is 0.339 e. The third kappa shape index (κ3) is 4.10. The molecule has 5 heteroatoms. The van der Waals surface area contributed by atoms with Gasteiger partial charge in [-0.15, -0.1) is 0 Å². The molecular formula is C24H26O5. The van der Waals surface area contributed by atoms with Crippen molar-refractivity contribution in [2.75, 3.05) is 0 Å². The average molecular weight is 394 g/mol. The molecule has 1 aliphatic rings. The van der Waals surface area contributed by atoms with Gasteiger partial charge >= 0.3 is 5.97 Å². The summed E-state index contributed by atoms with van der Waals surface area (Å²) in [5.41, 5.74) is 1.45. The topological polar surface area (TPSA) is 83.8 Å². The van der Waals surface area contributed by atoms with Crippen molar-refractivity contribution in [2.24, 2.45) is 5.92 Å².